The van der Waals surface area contributed by atoms with Crippen molar-refractivity contribution >= 4 is 31.9 Å². The normalized spacial score (nSPS) is 15.1. The minimum absolute atomic E-state index is 0.0683. The van der Waals surface area contributed by atoms with E-state index >= 15 is 0 Å². The van der Waals surface area contributed by atoms with Crippen molar-refractivity contribution in [3.05, 3.63) is 127 Å². The molecule has 0 aromatic heterocycles. The average Bonchev–Trinajstić information content (AvgIpc) is 3.57. The third-order valence-electron chi connectivity index (χ3n) is 11.7. The Labute approximate surface area is 335 Å². The van der Waals surface area contributed by atoms with Gasteiger partial charge in [-0.15, -0.1) is 0 Å². The molecule has 5 aromatic carbocycles. The quantitative estimate of drug-likeness (QED) is 0.144. The Bertz CT molecular complexity index is 2130. The molecule has 276 valence electrons. The van der Waals surface area contributed by atoms with Crippen LogP contribution in [0.2, 0.25) is 0 Å². The van der Waals surface area contributed by atoms with Gasteiger partial charge in [0.25, 0.3) is 0 Å². The highest BCUT2D eigenvalue weighted by molar-refractivity contribution is 9.10. The van der Waals surface area contributed by atoms with E-state index in [2.05, 4.69) is 186 Å². The third kappa shape index (κ3) is 6.50. The first-order valence-electron chi connectivity index (χ1n) is 19.4. The SMILES string of the molecule is CCC(C)COc1cc2c(cc1OCC(C)CC)C1(c3cc(Br)ccc3-c3ccc(Br)cc31)c1c(C(C)(C)C)ccc(-c3ccc(C(C)(C)C)cc3)c1-2. The molecule has 0 radical (unpaired) electrons. The number of hydrogen-bond donors (Lipinski definition) is 0. The van der Waals surface area contributed by atoms with Crippen LogP contribution in [0.25, 0.3) is 33.4 Å². The first-order chi connectivity index (χ1) is 25.1. The fourth-order valence-corrected chi connectivity index (χ4v) is 8.97. The zero-order valence-electron chi connectivity index (χ0n) is 33.1. The molecular weight excluding hydrogens is 780 g/mol. The average molecular weight is 835 g/mol. The van der Waals surface area contributed by atoms with Gasteiger partial charge < -0.3 is 9.47 Å². The summed E-state index contributed by atoms with van der Waals surface area (Å²) in [5.41, 5.74) is 14.7. The Balaban J connectivity index is 1.65. The minimum atomic E-state index is -0.587. The molecule has 2 aliphatic rings. The summed E-state index contributed by atoms with van der Waals surface area (Å²) >= 11 is 7.86. The van der Waals surface area contributed by atoms with E-state index in [-0.39, 0.29) is 10.8 Å². The second-order valence-electron chi connectivity index (χ2n) is 17.6. The van der Waals surface area contributed by atoms with Gasteiger partial charge in [0.2, 0.25) is 0 Å². The van der Waals surface area contributed by atoms with Crippen molar-refractivity contribution < 1.29 is 9.47 Å². The van der Waals surface area contributed by atoms with E-state index in [1.807, 2.05) is 0 Å². The maximum Gasteiger partial charge on any atom is 0.161 e. The molecule has 2 atom stereocenters. The van der Waals surface area contributed by atoms with Crippen LogP contribution in [-0.2, 0) is 16.2 Å². The summed E-state index contributed by atoms with van der Waals surface area (Å²) in [5.74, 6) is 2.50. The molecule has 1 spiro atoms. The first kappa shape index (κ1) is 38.0. The van der Waals surface area contributed by atoms with Crippen LogP contribution in [0.3, 0.4) is 0 Å². The van der Waals surface area contributed by atoms with E-state index in [0.29, 0.717) is 25.0 Å². The van der Waals surface area contributed by atoms with Crippen molar-refractivity contribution in [2.24, 2.45) is 11.8 Å². The molecule has 0 aliphatic heterocycles. The van der Waals surface area contributed by atoms with Crippen molar-refractivity contribution in [1.82, 2.24) is 0 Å². The van der Waals surface area contributed by atoms with Crippen molar-refractivity contribution in [1.29, 1.82) is 0 Å². The molecule has 2 aliphatic carbocycles. The minimum Gasteiger partial charge on any atom is -0.489 e. The molecule has 0 saturated carbocycles. The monoisotopic (exact) mass is 832 g/mol. The van der Waals surface area contributed by atoms with Crippen LogP contribution in [0.15, 0.2) is 93.9 Å². The summed E-state index contributed by atoms with van der Waals surface area (Å²) in [4.78, 5) is 0. The Hall–Kier alpha value is -3.34. The lowest BCUT2D eigenvalue weighted by Gasteiger charge is -2.36. The Morgan fingerprint density at radius 3 is 1.55 bits per heavy atom. The predicted octanol–water partition coefficient (Wildman–Crippen LogP) is 14.7. The van der Waals surface area contributed by atoms with Crippen LogP contribution in [0.1, 0.15) is 115 Å². The van der Waals surface area contributed by atoms with Crippen LogP contribution in [0.4, 0.5) is 0 Å². The molecule has 0 saturated heterocycles. The van der Waals surface area contributed by atoms with E-state index in [0.717, 1.165) is 33.3 Å². The van der Waals surface area contributed by atoms with Gasteiger partial charge in [0.15, 0.2) is 11.5 Å². The third-order valence-corrected chi connectivity index (χ3v) is 12.7. The molecule has 0 fully saturated rings. The topological polar surface area (TPSA) is 18.5 Å². The zero-order valence-corrected chi connectivity index (χ0v) is 36.3. The number of fused-ring (bicyclic) bond motifs is 10. The Morgan fingerprint density at radius 1 is 0.566 bits per heavy atom. The highest BCUT2D eigenvalue weighted by atomic mass is 79.9. The zero-order chi connectivity index (χ0) is 38.0. The maximum atomic E-state index is 6.82. The number of ether oxygens (including phenoxy) is 2. The van der Waals surface area contributed by atoms with E-state index in [4.69, 9.17) is 9.47 Å². The molecule has 5 aromatic rings. The molecule has 0 bridgehead atoms. The van der Waals surface area contributed by atoms with Crippen molar-refractivity contribution in [3.8, 4) is 44.9 Å². The largest absolute Gasteiger partial charge is 0.489 e. The van der Waals surface area contributed by atoms with Gasteiger partial charge in [-0.1, -0.05) is 162 Å². The van der Waals surface area contributed by atoms with Gasteiger partial charge in [0.05, 0.1) is 18.6 Å². The molecule has 0 heterocycles. The number of rotatable bonds is 9. The first-order valence-corrected chi connectivity index (χ1v) is 21.0. The van der Waals surface area contributed by atoms with Crippen molar-refractivity contribution in [2.45, 2.75) is 98.3 Å². The van der Waals surface area contributed by atoms with Crippen LogP contribution in [-0.4, -0.2) is 13.2 Å². The summed E-state index contributed by atoms with van der Waals surface area (Å²) in [6.07, 6.45) is 2.11. The number of halogens is 2. The Kier molecular flexibility index (Phi) is 10.1. The lowest BCUT2D eigenvalue weighted by molar-refractivity contribution is 0.217. The lowest BCUT2D eigenvalue weighted by atomic mass is 9.66. The van der Waals surface area contributed by atoms with Crippen LogP contribution >= 0.6 is 31.9 Å². The fourth-order valence-electron chi connectivity index (χ4n) is 8.25. The van der Waals surface area contributed by atoms with Crippen molar-refractivity contribution in [2.75, 3.05) is 13.2 Å². The maximum absolute atomic E-state index is 6.82. The summed E-state index contributed by atoms with van der Waals surface area (Å²) in [7, 11) is 0. The Morgan fingerprint density at radius 2 is 1.06 bits per heavy atom. The number of hydrogen-bond acceptors (Lipinski definition) is 2. The van der Waals surface area contributed by atoms with Gasteiger partial charge >= 0.3 is 0 Å². The highest BCUT2D eigenvalue weighted by Gasteiger charge is 2.55. The molecule has 0 amide bonds. The van der Waals surface area contributed by atoms with Gasteiger partial charge in [-0.3, -0.25) is 0 Å². The predicted molar refractivity (Wildman–Crippen MR) is 231 cm³/mol. The second kappa shape index (κ2) is 14.1. The lowest BCUT2D eigenvalue weighted by Crippen LogP contribution is -2.30. The van der Waals surface area contributed by atoms with Gasteiger partial charge in [-0.05, 0) is 126 Å². The van der Waals surface area contributed by atoms with E-state index < -0.39 is 5.41 Å². The number of benzene rings is 5. The summed E-state index contributed by atoms with van der Waals surface area (Å²) < 4.78 is 15.7. The molecule has 53 heavy (non-hydrogen) atoms. The summed E-state index contributed by atoms with van der Waals surface area (Å²) in [6.45, 7) is 24.2. The highest BCUT2D eigenvalue weighted by Crippen LogP contribution is 2.67. The summed E-state index contributed by atoms with van der Waals surface area (Å²) in [6, 6.07) is 32.4. The molecule has 2 nitrogen and oxygen atoms in total. The smallest absolute Gasteiger partial charge is 0.161 e. The molecule has 0 N–H and O–H groups in total. The van der Waals surface area contributed by atoms with E-state index in [1.54, 1.807) is 0 Å². The van der Waals surface area contributed by atoms with Gasteiger partial charge in [0, 0.05) is 8.95 Å². The molecular formula is C49H54Br2O2. The molecule has 2 unspecified atom stereocenters. The van der Waals surface area contributed by atoms with Crippen LogP contribution in [0, 0.1) is 11.8 Å². The second-order valence-corrected chi connectivity index (χ2v) is 19.4. The molecule has 7 rings (SSSR count). The van der Waals surface area contributed by atoms with Gasteiger partial charge in [-0.2, -0.15) is 0 Å². The standard InChI is InChI=1S/C49H54Br2O2/c1-11-29(3)27-52-43-25-38-42(26-44(43)53-28-30(4)12-2)49(40-23-33(50)17-19-36(40)37-20-18-34(51)24-41(37)49)46-39(48(8,9)10)22-21-35(45(38)46)31-13-15-32(16-14-31)47(5,6)7/h13-26,29-30H,11-12,27-28H2,1-10H3. The van der Waals surface area contributed by atoms with Crippen molar-refractivity contribution in [3.63, 3.8) is 0 Å². The van der Waals surface area contributed by atoms with Gasteiger partial charge in [0.1, 0.15) is 0 Å². The van der Waals surface area contributed by atoms with E-state index in [9.17, 15) is 0 Å². The summed E-state index contributed by atoms with van der Waals surface area (Å²) in [5, 5.41) is 0. The van der Waals surface area contributed by atoms with Crippen LogP contribution < -0.4 is 9.47 Å². The fraction of sp³-hybridized carbons (Fsp3) is 0.388. The molecule has 4 heteroatoms. The van der Waals surface area contributed by atoms with E-state index in [1.165, 1.54) is 66.8 Å². The van der Waals surface area contributed by atoms with Gasteiger partial charge in [-0.25, -0.2) is 0 Å². The van der Waals surface area contributed by atoms with Crippen LogP contribution in [0.5, 0.6) is 11.5 Å².